The minimum absolute atomic E-state index is 0.0406. The van der Waals surface area contributed by atoms with E-state index in [4.69, 9.17) is 23.2 Å². The van der Waals surface area contributed by atoms with Gasteiger partial charge in [0.2, 0.25) is 21.8 Å². The van der Waals surface area contributed by atoms with Crippen LogP contribution in [0, 0.1) is 0 Å². The number of benzene rings is 3. The standard InChI is InChI=1S/C30H35Cl2N3O4S/c1-3-27(30(37)33-22-13-5-4-6-14-22)34(19-24-25(31)16-10-17-26(24)32)29(36)20-35(40(2,38)39)28-18-9-12-21-11-7-8-15-23(21)28/h7-12,15-18,22,27H,3-6,13-14,19-20H2,1-2H3,(H,33,37)/t27-/m1/s1. The van der Waals surface area contributed by atoms with E-state index in [9.17, 15) is 18.0 Å². The number of sulfonamides is 1. The molecule has 1 aliphatic rings. The van der Waals surface area contributed by atoms with E-state index in [0.717, 1.165) is 48.1 Å². The number of carbonyl (C=O) groups excluding carboxylic acids is 2. The molecule has 0 spiro atoms. The van der Waals surface area contributed by atoms with Crippen LogP contribution < -0.4 is 9.62 Å². The Morgan fingerprint density at radius 2 is 1.57 bits per heavy atom. The number of nitrogens with zero attached hydrogens (tertiary/aromatic N) is 2. The highest BCUT2D eigenvalue weighted by molar-refractivity contribution is 7.92. The third-order valence-corrected chi connectivity index (χ3v) is 9.28. The summed E-state index contributed by atoms with van der Waals surface area (Å²) in [7, 11) is -3.87. The number of carbonyl (C=O) groups is 2. The molecule has 3 aromatic carbocycles. The summed E-state index contributed by atoms with van der Waals surface area (Å²) in [4.78, 5) is 29.1. The predicted octanol–water partition coefficient (Wildman–Crippen LogP) is 6.17. The summed E-state index contributed by atoms with van der Waals surface area (Å²) in [6, 6.07) is 17.0. The molecule has 7 nitrogen and oxygen atoms in total. The zero-order valence-electron chi connectivity index (χ0n) is 22.8. The smallest absolute Gasteiger partial charge is 0.244 e. The molecule has 214 valence electrons. The van der Waals surface area contributed by atoms with Gasteiger partial charge in [0.25, 0.3) is 0 Å². The van der Waals surface area contributed by atoms with E-state index in [1.54, 1.807) is 30.3 Å². The highest BCUT2D eigenvalue weighted by atomic mass is 35.5. The van der Waals surface area contributed by atoms with E-state index in [-0.39, 0.29) is 18.5 Å². The third kappa shape index (κ3) is 7.09. The molecule has 3 aromatic rings. The van der Waals surface area contributed by atoms with Crippen molar-refractivity contribution in [3.63, 3.8) is 0 Å². The van der Waals surface area contributed by atoms with Gasteiger partial charge in [0.05, 0.1) is 11.9 Å². The molecule has 0 unspecified atom stereocenters. The van der Waals surface area contributed by atoms with Gasteiger partial charge in [-0.05, 0) is 42.8 Å². The molecule has 0 heterocycles. The molecule has 0 aromatic heterocycles. The van der Waals surface area contributed by atoms with E-state index in [1.807, 2.05) is 37.3 Å². The van der Waals surface area contributed by atoms with Crippen LogP contribution in [-0.4, -0.2) is 50.0 Å². The van der Waals surface area contributed by atoms with Crippen molar-refractivity contribution in [2.45, 2.75) is 64.1 Å². The monoisotopic (exact) mass is 603 g/mol. The maximum absolute atomic E-state index is 14.1. The van der Waals surface area contributed by atoms with Gasteiger partial charge in [-0.3, -0.25) is 13.9 Å². The SMILES string of the molecule is CC[C@H](C(=O)NC1CCCCC1)N(Cc1c(Cl)cccc1Cl)C(=O)CN(c1cccc2ccccc12)S(C)(=O)=O. The Hall–Kier alpha value is -2.81. The predicted molar refractivity (Wildman–Crippen MR) is 162 cm³/mol. The molecule has 0 saturated heterocycles. The fourth-order valence-corrected chi connectivity index (χ4v) is 6.72. The first-order chi connectivity index (χ1) is 19.1. The molecule has 0 aliphatic heterocycles. The Morgan fingerprint density at radius 3 is 2.23 bits per heavy atom. The van der Waals surface area contributed by atoms with Crippen LogP contribution in [0.4, 0.5) is 5.69 Å². The van der Waals surface area contributed by atoms with Crippen molar-refractivity contribution in [2.75, 3.05) is 17.1 Å². The van der Waals surface area contributed by atoms with E-state index < -0.39 is 28.5 Å². The second kappa shape index (κ2) is 13.2. The van der Waals surface area contributed by atoms with Crippen LogP contribution >= 0.6 is 23.2 Å². The van der Waals surface area contributed by atoms with Gasteiger partial charge in [-0.15, -0.1) is 0 Å². The van der Waals surface area contributed by atoms with Gasteiger partial charge >= 0.3 is 0 Å². The molecular formula is C30H35Cl2N3O4S. The van der Waals surface area contributed by atoms with Crippen molar-refractivity contribution in [2.24, 2.45) is 0 Å². The van der Waals surface area contributed by atoms with Crippen LogP contribution in [0.15, 0.2) is 60.7 Å². The van der Waals surface area contributed by atoms with Gasteiger partial charge in [-0.2, -0.15) is 0 Å². The van der Waals surface area contributed by atoms with E-state index in [2.05, 4.69) is 5.32 Å². The van der Waals surface area contributed by atoms with Crippen LogP contribution in [-0.2, 0) is 26.2 Å². The van der Waals surface area contributed by atoms with Crippen molar-refractivity contribution in [3.8, 4) is 0 Å². The molecule has 1 saturated carbocycles. The van der Waals surface area contributed by atoms with Crippen LogP contribution in [0.5, 0.6) is 0 Å². The molecule has 2 amide bonds. The Balaban J connectivity index is 1.71. The Kier molecular flexibility index (Phi) is 9.98. The van der Waals surface area contributed by atoms with Crippen molar-refractivity contribution < 1.29 is 18.0 Å². The number of amides is 2. The van der Waals surface area contributed by atoms with Crippen LogP contribution in [0.3, 0.4) is 0 Å². The Bertz CT molecular complexity index is 1450. The lowest BCUT2D eigenvalue weighted by atomic mass is 9.95. The molecule has 4 rings (SSSR count). The fraction of sp³-hybridized carbons (Fsp3) is 0.400. The first-order valence-electron chi connectivity index (χ1n) is 13.6. The summed E-state index contributed by atoms with van der Waals surface area (Å²) < 4.78 is 27.2. The molecule has 0 radical (unpaired) electrons. The number of hydrogen-bond donors (Lipinski definition) is 1. The van der Waals surface area contributed by atoms with Crippen LogP contribution in [0.1, 0.15) is 51.0 Å². The van der Waals surface area contributed by atoms with E-state index in [1.165, 1.54) is 4.90 Å². The third-order valence-electron chi connectivity index (χ3n) is 7.44. The van der Waals surface area contributed by atoms with E-state index in [0.29, 0.717) is 33.1 Å². The highest BCUT2D eigenvalue weighted by Crippen LogP contribution is 2.30. The van der Waals surface area contributed by atoms with Gasteiger partial charge < -0.3 is 10.2 Å². The van der Waals surface area contributed by atoms with Crippen molar-refractivity contribution in [1.82, 2.24) is 10.2 Å². The minimum atomic E-state index is -3.87. The highest BCUT2D eigenvalue weighted by Gasteiger charge is 2.33. The molecule has 1 fully saturated rings. The quantitative estimate of drug-likeness (QED) is 0.300. The van der Waals surface area contributed by atoms with Crippen molar-refractivity contribution in [3.05, 3.63) is 76.3 Å². The number of hydrogen-bond acceptors (Lipinski definition) is 4. The van der Waals surface area contributed by atoms with Gasteiger partial charge in [-0.1, -0.05) is 91.9 Å². The second-order valence-corrected chi connectivity index (χ2v) is 13.0. The Morgan fingerprint density at radius 1 is 0.950 bits per heavy atom. The zero-order chi connectivity index (χ0) is 28.9. The van der Waals surface area contributed by atoms with Gasteiger partial charge in [-0.25, -0.2) is 8.42 Å². The largest absolute Gasteiger partial charge is 0.352 e. The second-order valence-electron chi connectivity index (χ2n) is 10.3. The fourth-order valence-electron chi connectivity index (χ4n) is 5.34. The maximum atomic E-state index is 14.1. The summed E-state index contributed by atoms with van der Waals surface area (Å²) in [6.45, 7) is 1.31. The molecule has 10 heteroatoms. The van der Waals surface area contributed by atoms with Crippen molar-refractivity contribution >= 4 is 61.5 Å². The van der Waals surface area contributed by atoms with Crippen LogP contribution in [0.2, 0.25) is 10.0 Å². The lowest BCUT2D eigenvalue weighted by Gasteiger charge is -2.34. The molecule has 1 N–H and O–H groups in total. The first kappa shape index (κ1) is 30.2. The number of rotatable bonds is 10. The van der Waals surface area contributed by atoms with Crippen LogP contribution in [0.25, 0.3) is 10.8 Å². The summed E-state index contributed by atoms with van der Waals surface area (Å²) in [5.41, 5.74) is 0.892. The van der Waals surface area contributed by atoms with Gasteiger partial charge in [0, 0.05) is 33.6 Å². The van der Waals surface area contributed by atoms with Gasteiger partial charge in [0.15, 0.2) is 0 Å². The van der Waals surface area contributed by atoms with Gasteiger partial charge in [0.1, 0.15) is 12.6 Å². The topological polar surface area (TPSA) is 86.8 Å². The molecule has 1 atom stereocenters. The average Bonchev–Trinajstić information content (AvgIpc) is 2.92. The maximum Gasteiger partial charge on any atom is 0.244 e. The van der Waals surface area contributed by atoms with E-state index >= 15 is 0 Å². The lowest BCUT2D eigenvalue weighted by Crippen LogP contribution is -2.54. The first-order valence-corrected chi connectivity index (χ1v) is 16.2. The Labute approximate surface area is 246 Å². The molecule has 40 heavy (non-hydrogen) atoms. The number of fused-ring (bicyclic) bond motifs is 1. The average molecular weight is 605 g/mol. The van der Waals surface area contributed by atoms with Crippen molar-refractivity contribution in [1.29, 1.82) is 0 Å². The molecular weight excluding hydrogens is 569 g/mol. The zero-order valence-corrected chi connectivity index (χ0v) is 25.1. The summed E-state index contributed by atoms with van der Waals surface area (Å²) in [5, 5.41) is 5.40. The molecule has 1 aliphatic carbocycles. The number of halogens is 2. The number of anilines is 1. The summed E-state index contributed by atoms with van der Waals surface area (Å²) in [5.74, 6) is -0.790. The lowest BCUT2D eigenvalue weighted by molar-refractivity contribution is -0.140. The normalized spacial score (nSPS) is 15.0. The minimum Gasteiger partial charge on any atom is -0.352 e. The number of nitrogens with one attached hydrogen (secondary N) is 1. The summed E-state index contributed by atoms with van der Waals surface area (Å²) in [6.07, 6.45) is 6.45. The summed E-state index contributed by atoms with van der Waals surface area (Å²) >= 11 is 12.9. The molecule has 0 bridgehead atoms.